The van der Waals surface area contributed by atoms with E-state index < -0.39 is 18.1 Å². The third kappa shape index (κ3) is 18.7. The van der Waals surface area contributed by atoms with Gasteiger partial charge in [0.05, 0.1) is 18.7 Å². The minimum atomic E-state index is -1.16. The second-order valence-corrected chi connectivity index (χ2v) is 6.36. The summed E-state index contributed by atoms with van der Waals surface area (Å²) in [5.41, 5.74) is 0. The molecule has 0 aliphatic heterocycles. The Hall–Kier alpha value is 0.350. The van der Waals surface area contributed by atoms with Gasteiger partial charge in [-0.1, -0.05) is 64.7 Å². The normalized spacial score (nSPS) is 13.3. The van der Waals surface area contributed by atoms with E-state index in [1.165, 1.54) is 64.7 Å². The maximum absolute atomic E-state index is 10.5. The van der Waals surface area contributed by atoms with Gasteiger partial charge in [-0.25, -0.2) is 0 Å². The van der Waals surface area contributed by atoms with Crippen molar-refractivity contribution in [3.8, 4) is 0 Å². The van der Waals surface area contributed by atoms with Crippen molar-refractivity contribution in [1.82, 2.24) is 5.32 Å². The van der Waals surface area contributed by atoms with E-state index in [1.54, 1.807) is 0 Å². The van der Waals surface area contributed by atoms with Crippen LogP contribution in [-0.4, -0.2) is 43.0 Å². The van der Waals surface area contributed by atoms with Gasteiger partial charge in [-0.05, 0) is 13.3 Å². The quantitative estimate of drug-likeness (QED) is 0.259. The van der Waals surface area contributed by atoms with Gasteiger partial charge < -0.3 is 25.1 Å². The van der Waals surface area contributed by atoms with E-state index >= 15 is 0 Å². The summed E-state index contributed by atoms with van der Waals surface area (Å²) in [5.74, 6) is -1.16. The minimum absolute atomic E-state index is 0. The molecule has 0 aliphatic carbocycles. The van der Waals surface area contributed by atoms with Crippen LogP contribution in [0.3, 0.4) is 0 Å². The topological polar surface area (TPSA) is 81.6 Å². The summed E-state index contributed by atoms with van der Waals surface area (Å²) >= 11 is 0. The van der Waals surface area contributed by atoms with Gasteiger partial charge in [-0.3, -0.25) is 0 Å². The minimum Gasteiger partial charge on any atom is -0.548 e. The Morgan fingerprint density at radius 1 is 1.04 bits per heavy atom. The zero-order valence-electron chi connectivity index (χ0n) is 16.0. The fourth-order valence-corrected chi connectivity index (χ4v) is 2.37. The van der Waals surface area contributed by atoms with Crippen LogP contribution in [-0.2, 0) is 9.53 Å². The summed E-state index contributed by atoms with van der Waals surface area (Å²) < 4.78 is 5.41. The number of rotatable bonds is 17. The van der Waals surface area contributed by atoms with Crippen molar-refractivity contribution >= 4 is 5.97 Å². The van der Waals surface area contributed by atoms with Gasteiger partial charge in [-0.15, -0.1) is 0 Å². The third-order valence-electron chi connectivity index (χ3n) is 3.97. The first kappa shape index (κ1) is 26.6. The second-order valence-electron chi connectivity index (χ2n) is 6.36. The molecule has 0 aromatic heterocycles. The number of carboxylic acid groups (broad SMARTS) is 1. The van der Waals surface area contributed by atoms with E-state index in [0.717, 1.165) is 6.42 Å². The zero-order chi connectivity index (χ0) is 17.3. The Labute approximate surface area is 170 Å². The van der Waals surface area contributed by atoms with Crippen LogP contribution in [0.15, 0.2) is 0 Å². The number of carboxylic acids is 1. The average molecular weight is 353 g/mol. The summed E-state index contributed by atoms with van der Waals surface area (Å²) in [5, 5.41) is 22.8. The van der Waals surface area contributed by atoms with E-state index in [-0.39, 0.29) is 42.7 Å². The van der Waals surface area contributed by atoms with E-state index in [9.17, 15) is 15.0 Å². The smallest absolute Gasteiger partial charge is 0.548 e. The van der Waals surface area contributed by atoms with Gasteiger partial charge in [0.15, 0.2) is 0 Å². The van der Waals surface area contributed by atoms with Crippen LogP contribution in [0.1, 0.15) is 78.1 Å². The molecule has 0 saturated carbocycles. The Balaban J connectivity index is 0. The number of ether oxygens (including phenoxy) is 1. The van der Waals surface area contributed by atoms with Crippen molar-refractivity contribution in [2.45, 2.75) is 90.2 Å². The standard InChI is InChI=1S/C18H37NO4.Na/c1-3-4-5-6-7-8-9-10-11-12-13-23-15-17(20)14-19-16(2)18(21)22;/h16-17,19-20H,3-15H2,1-2H3,(H,21,22);/q;+1/p-1/t16-,17?;/m1./s1. The first-order valence-electron chi connectivity index (χ1n) is 9.28. The molecule has 0 aliphatic rings. The van der Waals surface area contributed by atoms with Crippen molar-refractivity contribution < 1.29 is 49.3 Å². The molecule has 1 unspecified atom stereocenters. The molecule has 6 heteroatoms. The molecular formula is C18H36NNaO4. The van der Waals surface area contributed by atoms with Crippen LogP contribution in [0, 0.1) is 0 Å². The second kappa shape index (κ2) is 19.7. The van der Waals surface area contributed by atoms with E-state index in [1.807, 2.05) is 0 Å². The first-order chi connectivity index (χ1) is 11.1. The van der Waals surface area contributed by atoms with Gasteiger partial charge in [0.2, 0.25) is 0 Å². The molecule has 0 radical (unpaired) electrons. The molecule has 0 heterocycles. The summed E-state index contributed by atoms with van der Waals surface area (Å²) in [6.45, 7) is 4.83. The van der Waals surface area contributed by atoms with Gasteiger partial charge >= 0.3 is 29.6 Å². The van der Waals surface area contributed by atoms with Gasteiger partial charge in [0, 0.05) is 19.2 Å². The van der Waals surface area contributed by atoms with Gasteiger partial charge in [0.25, 0.3) is 0 Å². The predicted molar refractivity (Wildman–Crippen MR) is 91.1 cm³/mol. The molecule has 5 nitrogen and oxygen atoms in total. The van der Waals surface area contributed by atoms with Crippen molar-refractivity contribution in [2.24, 2.45) is 0 Å². The molecule has 0 fully saturated rings. The van der Waals surface area contributed by atoms with E-state index in [2.05, 4.69) is 12.2 Å². The summed E-state index contributed by atoms with van der Waals surface area (Å²) in [4.78, 5) is 10.5. The number of carbonyl (C=O) groups is 1. The molecule has 24 heavy (non-hydrogen) atoms. The maximum Gasteiger partial charge on any atom is 1.00 e. The Kier molecular flexibility index (Phi) is 21.8. The zero-order valence-corrected chi connectivity index (χ0v) is 18.0. The van der Waals surface area contributed by atoms with Crippen molar-refractivity contribution in [3.05, 3.63) is 0 Å². The average Bonchev–Trinajstić information content (AvgIpc) is 2.53. The molecule has 2 N–H and O–H groups in total. The first-order valence-corrected chi connectivity index (χ1v) is 9.28. The predicted octanol–water partition coefficient (Wildman–Crippen LogP) is -0.983. The molecule has 0 spiro atoms. The van der Waals surface area contributed by atoms with E-state index in [0.29, 0.717) is 6.61 Å². The van der Waals surface area contributed by atoms with Crippen LogP contribution in [0.4, 0.5) is 0 Å². The number of carbonyl (C=O) groups excluding carboxylic acids is 1. The molecular weight excluding hydrogens is 317 g/mol. The molecule has 0 rings (SSSR count). The molecule has 138 valence electrons. The summed E-state index contributed by atoms with van der Waals surface area (Å²) in [6.07, 6.45) is 12.2. The fourth-order valence-electron chi connectivity index (χ4n) is 2.37. The van der Waals surface area contributed by atoms with Crippen LogP contribution in [0.5, 0.6) is 0 Å². The van der Waals surface area contributed by atoms with E-state index in [4.69, 9.17) is 4.74 Å². The molecule has 0 saturated heterocycles. The number of nitrogens with one attached hydrogen (secondary N) is 1. The Morgan fingerprint density at radius 3 is 2.04 bits per heavy atom. The summed E-state index contributed by atoms with van der Waals surface area (Å²) in [6, 6.07) is -0.758. The molecule has 0 amide bonds. The molecule has 0 bridgehead atoms. The maximum atomic E-state index is 10.5. The van der Waals surface area contributed by atoms with Gasteiger partial charge in [0.1, 0.15) is 0 Å². The fraction of sp³-hybridized carbons (Fsp3) is 0.944. The van der Waals surface area contributed by atoms with Crippen molar-refractivity contribution in [2.75, 3.05) is 19.8 Å². The largest absolute Gasteiger partial charge is 1.00 e. The number of unbranched alkanes of at least 4 members (excludes halogenated alkanes) is 9. The third-order valence-corrected chi connectivity index (χ3v) is 3.97. The van der Waals surface area contributed by atoms with Crippen LogP contribution in [0.2, 0.25) is 0 Å². The van der Waals surface area contributed by atoms with Crippen LogP contribution < -0.4 is 40.0 Å². The number of aliphatic carboxylic acids is 1. The van der Waals surface area contributed by atoms with Crippen molar-refractivity contribution in [3.63, 3.8) is 0 Å². The molecule has 2 atom stereocenters. The molecule has 0 aromatic carbocycles. The number of hydrogen-bond donors (Lipinski definition) is 2. The number of aliphatic hydroxyl groups excluding tert-OH is 1. The Morgan fingerprint density at radius 2 is 1.54 bits per heavy atom. The number of aliphatic hydroxyl groups is 1. The molecule has 0 aromatic rings. The number of hydrogen-bond acceptors (Lipinski definition) is 5. The monoisotopic (exact) mass is 353 g/mol. The summed E-state index contributed by atoms with van der Waals surface area (Å²) in [7, 11) is 0. The van der Waals surface area contributed by atoms with Gasteiger partial charge in [-0.2, -0.15) is 0 Å². The SMILES string of the molecule is CCCCCCCCCCCCOCC(O)CN[C@H](C)C(=O)[O-].[Na+]. The Bertz CT molecular complexity index is 280. The van der Waals surface area contributed by atoms with Crippen LogP contribution >= 0.6 is 0 Å². The van der Waals surface area contributed by atoms with Crippen molar-refractivity contribution in [1.29, 1.82) is 0 Å². The van der Waals surface area contributed by atoms with Crippen LogP contribution in [0.25, 0.3) is 0 Å².